The molecule has 0 fully saturated rings. The molecule has 0 radical (unpaired) electrons. The molecular weight excluding hydrogens is 324 g/mol. The first-order valence-corrected chi connectivity index (χ1v) is 8.48. The highest BCUT2D eigenvalue weighted by Crippen LogP contribution is 2.18. The zero-order chi connectivity index (χ0) is 16.2. The van der Waals surface area contributed by atoms with E-state index in [0.29, 0.717) is 11.4 Å². The van der Waals surface area contributed by atoms with Gasteiger partial charge in [-0.3, -0.25) is 9.52 Å². The van der Waals surface area contributed by atoms with Crippen molar-refractivity contribution in [2.75, 3.05) is 15.9 Å². The van der Waals surface area contributed by atoms with Crippen LogP contribution in [0.25, 0.3) is 0 Å². The van der Waals surface area contributed by atoms with Crippen molar-refractivity contribution in [3.05, 3.63) is 54.1 Å². The summed E-state index contributed by atoms with van der Waals surface area (Å²) in [6.45, 7) is 1.89. The van der Waals surface area contributed by atoms with Gasteiger partial charge in [0.1, 0.15) is 5.88 Å². The van der Waals surface area contributed by atoms with E-state index >= 15 is 0 Å². The lowest BCUT2D eigenvalue weighted by Gasteiger charge is -2.09. The number of carbonyl (C=O) groups excluding carboxylic acids is 1. The average Bonchev–Trinajstić information content (AvgIpc) is 2.49. The number of hydrogen-bond acceptors (Lipinski definition) is 3. The Balaban J connectivity index is 2.13. The number of carbonyl (C=O) groups is 1. The van der Waals surface area contributed by atoms with Crippen LogP contribution in [0.2, 0.25) is 0 Å². The van der Waals surface area contributed by atoms with E-state index in [1.807, 2.05) is 6.92 Å². The Hall–Kier alpha value is -2.05. The summed E-state index contributed by atoms with van der Waals surface area (Å²) in [5, 5.41) is 2.57. The number of halogens is 1. The van der Waals surface area contributed by atoms with Crippen molar-refractivity contribution < 1.29 is 13.2 Å². The first-order valence-electron chi connectivity index (χ1n) is 6.46. The van der Waals surface area contributed by atoms with Gasteiger partial charge in [-0.15, -0.1) is 11.6 Å². The molecule has 22 heavy (non-hydrogen) atoms. The van der Waals surface area contributed by atoms with Gasteiger partial charge in [-0.1, -0.05) is 17.7 Å². The molecule has 116 valence electrons. The topological polar surface area (TPSA) is 75.3 Å². The normalized spacial score (nSPS) is 11.0. The van der Waals surface area contributed by atoms with Crippen LogP contribution >= 0.6 is 11.6 Å². The fourth-order valence-corrected chi connectivity index (χ4v) is 2.87. The van der Waals surface area contributed by atoms with E-state index in [4.69, 9.17) is 11.6 Å². The molecule has 0 aliphatic carbocycles. The fraction of sp³-hybridized carbons (Fsp3) is 0.133. The van der Waals surface area contributed by atoms with Crippen molar-refractivity contribution in [2.24, 2.45) is 0 Å². The maximum Gasteiger partial charge on any atom is 0.261 e. The van der Waals surface area contributed by atoms with Crippen LogP contribution in [-0.4, -0.2) is 20.2 Å². The van der Waals surface area contributed by atoms with Gasteiger partial charge >= 0.3 is 0 Å². The summed E-state index contributed by atoms with van der Waals surface area (Å²) >= 11 is 5.40. The third-order valence-electron chi connectivity index (χ3n) is 2.87. The Kier molecular flexibility index (Phi) is 5.05. The van der Waals surface area contributed by atoms with E-state index in [1.165, 1.54) is 0 Å². The number of nitrogens with one attached hydrogen (secondary N) is 2. The molecule has 2 aromatic rings. The van der Waals surface area contributed by atoms with Crippen LogP contribution in [0.3, 0.4) is 0 Å². The van der Waals surface area contributed by atoms with Gasteiger partial charge in [-0.2, -0.15) is 0 Å². The lowest BCUT2D eigenvalue weighted by molar-refractivity contribution is -0.113. The van der Waals surface area contributed by atoms with Crippen molar-refractivity contribution in [1.82, 2.24) is 0 Å². The maximum atomic E-state index is 12.2. The smallest absolute Gasteiger partial charge is 0.261 e. The molecule has 2 rings (SSSR count). The summed E-state index contributed by atoms with van der Waals surface area (Å²) in [7, 11) is -3.63. The lowest BCUT2D eigenvalue weighted by Crippen LogP contribution is -2.14. The molecular formula is C15H15ClN2O3S. The number of anilines is 2. The molecule has 2 aromatic carbocycles. The molecule has 0 atom stereocenters. The van der Waals surface area contributed by atoms with Crippen molar-refractivity contribution in [3.8, 4) is 0 Å². The van der Waals surface area contributed by atoms with Gasteiger partial charge in [-0.25, -0.2) is 8.42 Å². The van der Waals surface area contributed by atoms with E-state index in [1.54, 1.807) is 48.5 Å². The molecule has 5 nitrogen and oxygen atoms in total. The Morgan fingerprint density at radius 2 is 1.55 bits per heavy atom. The van der Waals surface area contributed by atoms with E-state index < -0.39 is 10.0 Å². The summed E-state index contributed by atoms with van der Waals surface area (Å²) in [5.41, 5.74) is 1.94. The van der Waals surface area contributed by atoms with Gasteiger partial charge in [-0.05, 0) is 43.3 Å². The van der Waals surface area contributed by atoms with Crippen LogP contribution in [0, 0.1) is 6.92 Å². The van der Waals surface area contributed by atoms with Gasteiger partial charge in [0.05, 0.1) is 4.90 Å². The average molecular weight is 339 g/mol. The molecule has 0 unspecified atom stereocenters. The van der Waals surface area contributed by atoms with Crippen LogP contribution in [0.5, 0.6) is 0 Å². The zero-order valence-electron chi connectivity index (χ0n) is 11.8. The summed E-state index contributed by atoms with van der Waals surface area (Å²) < 4.78 is 26.9. The second kappa shape index (κ2) is 6.81. The number of hydrogen-bond donors (Lipinski definition) is 2. The summed E-state index contributed by atoms with van der Waals surface area (Å²) in [6, 6.07) is 12.9. The van der Waals surface area contributed by atoms with Crippen LogP contribution in [0.1, 0.15) is 5.56 Å². The molecule has 0 heterocycles. The van der Waals surface area contributed by atoms with E-state index in [9.17, 15) is 13.2 Å². The second-order valence-corrected chi connectivity index (χ2v) is 6.63. The molecule has 0 aromatic heterocycles. The molecule has 2 N–H and O–H groups in total. The van der Waals surface area contributed by atoms with Crippen molar-refractivity contribution in [1.29, 1.82) is 0 Å². The van der Waals surface area contributed by atoms with Gasteiger partial charge in [0.2, 0.25) is 5.91 Å². The molecule has 0 saturated heterocycles. The first kappa shape index (κ1) is 16.3. The van der Waals surface area contributed by atoms with E-state index in [0.717, 1.165) is 5.56 Å². The summed E-state index contributed by atoms with van der Waals surface area (Å²) in [5.74, 6) is -0.461. The fourth-order valence-electron chi connectivity index (χ4n) is 1.75. The third kappa shape index (κ3) is 4.22. The van der Waals surface area contributed by atoms with Gasteiger partial charge in [0.15, 0.2) is 0 Å². The molecule has 7 heteroatoms. The van der Waals surface area contributed by atoms with Crippen LogP contribution in [0.15, 0.2) is 53.4 Å². The van der Waals surface area contributed by atoms with E-state index in [-0.39, 0.29) is 16.7 Å². The third-order valence-corrected chi connectivity index (χ3v) is 4.51. The highest BCUT2D eigenvalue weighted by Gasteiger charge is 2.13. The Bertz CT molecular complexity index is 756. The van der Waals surface area contributed by atoms with Crippen LogP contribution in [-0.2, 0) is 14.8 Å². The summed E-state index contributed by atoms with van der Waals surface area (Å²) in [6.07, 6.45) is 0. The number of sulfonamides is 1. The standard InChI is InChI=1S/C15H15ClN2O3S/c1-11-2-8-14(9-3-11)22(20,21)18-13-6-4-12(5-7-13)17-15(19)10-16/h2-9,18H,10H2,1H3,(H,17,19). The molecule has 1 amide bonds. The minimum Gasteiger partial charge on any atom is -0.325 e. The second-order valence-electron chi connectivity index (χ2n) is 4.68. The SMILES string of the molecule is Cc1ccc(S(=O)(=O)Nc2ccc(NC(=O)CCl)cc2)cc1. The molecule has 0 saturated carbocycles. The predicted octanol–water partition coefficient (Wildman–Crippen LogP) is 2.97. The van der Waals surface area contributed by atoms with E-state index in [2.05, 4.69) is 10.0 Å². The zero-order valence-corrected chi connectivity index (χ0v) is 13.4. The quantitative estimate of drug-likeness (QED) is 0.823. The molecule has 0 bridgehead atoms. The lowest BCUT2D eigenvalue weighted by atomic mass is 10.2. The number of amides is 1. The highest BCUT2D eigenvalue weighted by molar-refractivity contribution is 7.92. The predicted molar refractivity (Wildman–Crippen MR) is 87.8 cm³/mol. The number of rotatable bonds is 5. The minimum atomic E-state index is -3.63. The number of benzene rings is 2. The van der Waals surface area contributed by atoms with Crippen molar-refractivity contribution in [3.63, 3.8) is 0 Å². The minimum absolute atomic E-state index is 0.137. The maximum absolute atomic E-state index is 12.2. The van der Waals surface area contributed by atoms with Gasteiger partial charge in [0.25, 0.3) is 10.0 Å². The highest BCUT2D eigenvalue weighted by atomic mass is 35.5. The molecule has 0 spiro atoms. The van der Waals surface area contributed by atoms with Crippen LogP contribution < -0.4 is 10.0 Å². The monoisotopic (exact) mass is 338 g/mol. The van der Waals surface area contributed by atoms with Crippen molar-refractivity contribution in [2.45, 2.75) is 11.8 Å². The Morgan fingerprint density at radius 3 is 2.09 bits per heavy atom. The molecule has 0 aliphatic heterocycles. The van der Waals surface area contributed by atoms with Crippen LogP contribution in [0.4, 0.5) is 11.4 Å². The van der Waals surface area contributed by atoms with Crippen molar-refractivity contribution >= 4 is 38.9 Å². The largest absolute Gasteiger partial charge is 0.325 e. The number of aryl methyl sites for hydroxylation is 1. The summed E-state index contributed by atoms with van der Waals surface area (Å²) in [4.78, 5) is 11.3. The molecule has 0 aliphatic rings. The number of alkyl halides is 1. The van der Waals surface area contributed by atoms with Gasteiger partial charge < -0.3 is 5.32 Å². The Labute approximate surface area is 134 Å². The Morgan fingerprint density at radius 1 is 1.00 bits per heavy atom. The first-order chi connectivity index (χ1) is 10.4. The van der Waals surface area contributed by atoms with Gasteiger partial charge in [0, 0.05) is 11.4 Å².